The Kier molecular flexibility index (Phi) is 5.89. The van der Waals surface area contributed by atoms with E-state index in [9.17, 15) is 14.7 Å². The number of nitrogens with one attached hydrogen (secondary N) is 2. The molecule has 2 aliphatic carbocycles. The first-order valence-electron chi connectivity index (χ1n) is 11.8. The van der Waals surface area contributed by atoms with Crippen LogP contribution in [0, 0.1) is 5.92 Å². The second-order valence-corrected chi connectivity index (χ2v) is 9.53. The van der Waals surface area contributed by atoms with E-state index in [1.165, 1.54) is 12.8 Å². The predicted molar refractivity (Wildman–Crippen MR) is 115 cm³/mol. The highest BCUT2D eigenvalue weighted by Crippen LogP contribution is 2.47. The van der Waals surface area contributed by atoms with Crippen LogP contribution in [-0.4, -0.2) is 47.9 Å². The van der Waals surface area contributed by atoms with E-state index in [2.05, 4.69) is 10.6 Å². The molecule has 4 atom stereocenters. The third-order valence-electron chi connectivity index (χ3n) is 7.38. The molecule has 1 aromatic carbocycles. The zero-order valence-electron chi connectivity index (χ0n) is 17.8. The molecule has 2 aliphatic heterocycles. The summed E-state index contributed by atoms with van der Waals surface area (Å²) in [6, 6.07) is 6.04. The summed E-state index contributed by atoms with van der Waals surface area (Å²) in [4.78, 5) is 24.9. The van der Waals surface area contributed by atoms with Gasteiger partial charge in [0.05, 0.1) is 19.1 Å². The van der Waals surface area contributed by atoms with Gasteiger partial charge in [0, 0.05) is 29.1 Å². The topological polar surface area (TPSA) is 96.9 Å². The Hall–Kier alpha value is -2.12. The Bertz CT molecular complexity index is 833. The SMILES string of the molecule is O=C(C[C@@H]1C[C@H]2c3cc(NC(=O)C4CCC4)ccc3O[C@H]2[C@@H](CO)O1)NC1CCCC1. The molecule has 3 N–H and O–H groups in total. The largest absolute Gasteiger partial charge is 0.487 e. The Labute approximate surface area is 182 Å². The van der Waals surface area contributed by atoms with Crippen LogP contribution in [0.15, 0.2) is 18.2 Å². The van der Waals surface area contributed by atoms with Crippen molar-refractivity contribution in [2.45, 2.75) is 88.1 Å². The van der Waals surface area contributed by atoms with Crippen LogP contribution >= 0.6 is 0 Å². The fourth-order valence-corrected chi connectivity index (χ4v) is 5.45. The summed E-state index contributed by atoms with van der Waals surface area (Å²) >= 11 is 0. The molecule has 2 heterocycles. The molecule has 5 rings (SSSR count). The number of benzene rings is 1. The highest BCUT2D eigenvalue weighted by atomic mass is 16.6. The van der Waals surface area contributed by atoms with Crippen molar-refractivity contribution in [2.24, 2.45) is 5.92 Å². The number of carbonyl (C=O) groups excluding carboxylic acids is 2. The van der Waals surface area contributed by atoms with Crippen LogP contribution in [0.1, 0.15) is 69.3 Å². The number of ether oxygens (including phenoxy) is 2. The van der Waals surface area contributed by atoms with Crippen LogP contribution in [0.5, 0.6) is 5.75 Å². The number of carbonyl (C=O) groups is 2. The molecule has 0 aromatic heterocycles. The molecule has 1 aromatic rings. The zero-order valence-corrected chi connectivity index (χ0v) is 17.8. The van der Waals surface area contributed by atoms with E-state index >= 15 is 0 Å². The maximum atomic E-state index is 12.5. The molecule has 7 nitrogen and oxygen atoms in total. The van der Waals surface area contributed by atoms with Gasteiger partial charge < -0.3 is 25.2 Å². The molecule has 0 bridgehead atoms. The van der Waals surface area contributed by atoms with Crippen molar-refractivity contribution in [3.8, 4) is 5.75 Å². The second kappa shape index (κ2) is 8.79. The quantitative estimate of drug-likeness (QED) is 0.647. The number of anilines is 1. The molecule has 3 fully saturated rings. The molecule has 0 spiro atoms. The number of fused-ring (bicyclic) bond motifs is 3. The number of amides is 2. The van der Waals surface area contributed by atoms with Crippen LogP contribution in [0.4, 0.5) is 5.69 Å². The lowest BCUT2D eigenvalue weighted by Crippen LogP contribution is -2.47. The number of aliphatic hydroxyl groups is 1. The van der Waals surface area contributed by atoms with Crippen LogP contribution in [-0.2, 0) is 14.3 Å². The van der Waals surface area contributed by atoms with E-state index in [0.29, 0.717) is 12.8 Å². The van der Waals surface area contributed by atoms with Crippen molar-refractivity contribution in [3.05, 3.63) is 23.8 Å². The van der Waals surface area contributed by atoms with E-state index in [1.54, 1.807) is 0 Å². The zero-order chi connectivity index (χ0) is 21.4. The fraction of sp³-hybridized carbons (Fsp3) is 0.667. The van der Waals surface area contributed by atoms with E-state index in [4.69, 9.17) is 9.47 Å². The molecule has 2 saturated carbocycles. The van der Waals surface area contributed by atoms with Gasteiger partial charge in [-0.15, -0.1) is 0 Å². The Morgan fingerprint density at radius 2 is 1.90 bits per heavy atom. The van der Waals surface area contributed by atoms with Crippen molar-refractivity contribution >= 4 is 17.5 Å². The lowest BCUT2D eigenvalue weighted by atomic mass is 9.83. The monoisotopic (exact) mass is 428 g/mol. The summed E-state index contributed by atoms with van der Waals surface area (Å²) in [7, 11) is 0. The molecule has 0 unspecified atom stereocenters. The predicted octanol–water partition coefficient (Wildman–Crippen LogP) is 2.87. The molecule has 1 saturated heterocycles. The number of aliphatic hydroxyl groups excluding tert-OH is 1. The first kappa shape index (κ1) is 20.8. The summed E-state index contributed by atoms with van der Waals surface area (Å²) in [5, 5.41) is 16.1. The first-order chi connectivity index (χ1) is 15.1. The van der Waals surface area contributed by atoms with Gasteiger partial charge in [0.1, 0.15) is 18.0 Å². The van der Waals surface area contributed by atoms with Crippen molar-refractivity contribution in [3.63, 3.8) is 0 Å². The molecule has 0 radical (unpaired) electrons. The highest BCUT2D eigenvalue weighted by Gasteiger charge is 2.46. The molecule has 4 aliphatic rings. The second-order valence-electron chi connectivity index (χ2n) is 9.53. The minimum atomic E-state index is -0.469. The van der Waals surface area contributed by atoms with Crippen LogP contribution in [0.2, 0.25) is 0 Å². The minimum Gasteiger partial charge on any atom is -0.487 e. The van der Waals surface area contributed by atoms with E-state index < -0.39 is 6.10 Å². The van der Waals surface area contributed by atoms with Crippen LogP contribution in [0.3, 0.4) is 0 Å². The lowest BCUT2D eigenvalue weighted by molar-refractivity contribution is -0.142. The minimum absolute atomic E-state index is 0.0210. The highest BCUT2D eigenvalue weighted by molar-refractivity contribution is 5.93. The van der Waals surface area contributed by atoms with E-state index in [-0.39, 0.29) is 48.5 Å². The van der Waals surface area contributed by atoms with Crippen molar-refractivity contribution in [1.82, 2.24) is 5.32 Å². The molecule has 31 heavy (non-hydrogen) atoms. The molecule has 2 amide bonds. The maximum absolute atomic E-state index is 12.5. The van der Waals surface area contributed by atoms with Gasteiger partial charge in [-0.2, -0.15) is 0 Å². The van der Waals surface area contributed by atoms with Gasteiger partial charge in [0.2, 0.25) is 11.8 Å². The van der Waals surface area contributed by atoms with Gasteiger partial charge >= 0.3 is 0 Å². The molecular formula is C24H32N2O5. The third kappa shape index (κ3) is 4.30. The lowest BCUT2D eigenvalue weighted by Gasteiger charge is -2.37. The summed E-state index contributed by atoms with van der Waals surface area (Å²) in [5.41, 5.74) is 1.81. The van der Waals surface area contributed by atoms with Crippen LogP contribution < -0.4 is 15.4 Å². The first-order valence-corrected chi connectivity index (χ1v) is 11.8. The number of hydrogen-bond acceptors (Lipinski definition) is 5. The summed E-state index contributed by atoms with van der Waals surface area (Å²) in [6.45, 7) is -0.152. The standard InChI is InChI=1S/C24H32N2O5/c27-13-21-23-19(11-17(30-21)12-22(28)25-15-6-1-2-7-15)18-10-16(8-9-20(18)31-23)26-24(29)14-4-3-5-14/h8-10,14-15,17,19,21,23,27H,1-7,11-13H2,(H,25,28)(H,26,29)/t17-,19-,21+,23+/m0/s1. The smallest absolute Gasteiger partial charge is 0.227 e. The summed E-state index contributed by atoms with van der Waals surface area (Å²) in [5.74, 6) is 1.04. The van der Waals surface area contributed by atoms with Crippen molar-refractivity contribution < 1.29 is 24.2 Å². The Morgan fingerprint density at radius 3 is 2.61 bits per heavy atom. The number of rotatable bonds is 6. The Morgan fingerprint density at radius 1 is 1.10 bits per heavy atom. The van der Waals surface area contributed by atoms with E-state index in [0.717, 1.165) is 49.1 Å². The Balaban J connectivity index is 1.27. The fourth-order valence-electron chi connectivity index (χ4n) is 5.45. The van der Waals surface area contributed by atoms with Crippen molar-refractivity contribution in [2.75, 3.05) is 11.9 Å². The molecule has 168 valence electrons. The summed E-state index contributed by atoms with van der Waals surface area (Å²) < 4.78 is 12.2. The van der Waals surface area contributed by atoms with Gasteiger partial charge in [0.25, 0.3) is 0 Å². The van der Waals surface area contributed by atoms with Gasteiger partial charge in [-0.25, -0.2) is 0 Å². The third-order valence-corrected chi connectivity index (χ3v) is 7.38. The number of hydrogen-bond donors (Lipinski definition) is 3. The van der Waals surface area contributed by atoms with Gasteiger partial charge in [-0.3, -0.25) is 9.59 Å². The van der Waals surface area contributed by atoms with Gasteiger partial charge in [-0.1, -0.05) is 19.3 Å². The average molecular weight is 429 g/mol. The van der Waals surface area contributed by atoms with Crippen LogP contribution in [0.25, 0.3) is 0 Å². The average Bonchev–Trinajstić information content (AvgIpc) is 3.33. The van der Waals surface area contributed by atoms with Crippen molar-refractivity contribution in [1.29, 1.82) is 0 Å². The van der Waals surface area contributed by atoms with E-state index in [1.807, 2.05) is 18.2 Å². The maximum Gasteiger partial charge on any atom is 0.227 e. The molecule has 7 heteroatoms. The summed E-state index contributed by atoms with van der Waals surface area (Å²) in [6.07, 6.45) is 7.46. The van der Waals surface area contributed by atoms with Gasteiger partial charge in [-0.05, 0) is 50.3 Å². The van der Waals surface area contributed by atoms with Gasteiger partial charge in [0.15, 0.2) is 0 Å². The normalized spacial score (nSPS) is 30.1. The molecular weight excluding hydrogens is 396 g/mol.